The maximum absolute atomic E-state index is 6.07. The summed E-state index contributed by atoms with van der Waals surface area (Å²) in [6.45, 7) is 0.768. The molecule has 1 aromatic carbocycles. The monoisotopic (exact) mass is 234 g/mol. The molecular weight excluding hydrogens is 222 g/mol. The highest BCUT2D eigenvalue weighted by Crippen LogP contribution is 2.11. The molecule has 2 nitrogen and oxygen atoms in total. The highest BCUT2D eigenvalue weighted by atomic mass is 35.5. The van der Waals surface area contributed by atoms with Gasteiger partial charge in [-0.1, -0.05) is 0 Å². The number of pyridine rings is 1. The van der Waals surface area contributed by atoms with E-state index >= 15 is 0 Å². The van der Waals surface area contributed by atoms with Gasteiger partial charge in [0.25, 0.3) is 5.15 Å². The van der Waals surface area contributed by atoms with Crippen LogP contribution in [0.2, 0.25) is 5.15 Å². The topological polar surface area (TPSA) is 13.1 Å². The lowest BCUT2D eigenvalue weighted by Crippen LogP contribution is -2.34. The molecule has 1 heterocycles. The molecule has 0 aliphatic rings. The molecule has 3 heteroatoms. The Morgan fingerprint density at radius 1 is 1.12 bits per heavy atom. The Labute approximate surface area is 100 Å². The van der Waals surface area contributed by atoms with E-state index in [0.717, 1.165) is 17.4 Å². The lowest BCUT2D eigenvalue weighted by molar-refractivity contribution is -0.686. The number of methoxy groups -OCH3 is 1. The zero-order valence-electron chi connectivity index (χ0n) is 9.06. The van der Waals surface area contributed by atoms with Crippen molar-refractivity contribution >= 4 is 11.6 Å². The molecule has 16 heavy (non-hydrogen) atoms. The van der Waals surface area contributed by atoms with Crippen LogP contribution in [-0.4, -0.2) is 7.11 Å². The predicted molar refractivity (Wildman–Crippen MR) is 63.7 cm³/mol. The van der Waals surface area contributed by atoms with Crippen LogP contribution in [-0.2, 0) is 6.54 Å². The van der Waals surface area contributed by atoms with E-state index in [1.54, 1.807) is 7.11 Å². The largest absolute Gasteiger partial charge is 0.497 e. The molecule has 0 spiro atoms. The Kier molecular flexibility index (Phi) is 3.42. The molecule has 0 N–H and O–H groups in total. The highest BCUT2D eigenvalue weighted by Gasteiger charge is 2.07. The summed E-state index contributed by atoms with van der Waals surface area (Å²) in [7, 11) is 1.66. The summed E-state index contributed by atoms with van der Waals surface area (Å²) in [5.74, 6) is 0.868. The van der Waals surface area contributed by atoms with Crippen LogP contribution in [0.15, 0.2) is 48.7 Å². The third-order valence-electron chi connectivity index (χ3n) is 2.40. The van der Waals surface area contributed by atoms with Crippen molar-refractivity contribution in [2.45, 2.75) is 6.54 Å². The molecule has 0 atom stereocenters. The van der Waals surface area contributed by atoms with Gasteiger partial charge in [-0.2, -0.15) is 4.57 Å². The predicted octanol–water partition coefficient (Wildman–Crippen LogP) is 2.68. The van der Waals surface area contributed by atoms with Gasteiger partial charge < -0.3 is 4.74 Å². The summed E-state index contributed by atoms with van der Waals surface area (Å²) in [5.41, 5.74) is 1.19. The van der Waals surface area contributed by atoms with Gasteiger partial charge in [0, 0.05) is 17.7 Å². The fourth-order valence-corrected chi connectivity index (χ4v) is 1.70. The first kappa shape index (κ1) is 11.0. The minimum Gasteiger partial charge on any atom is -0.497 e. The van der Waals surface area contributed by atoms with Crippen molar-refractivity contribution in [2.24, 2.45) is 0 Å². The number of rotatable bonds is 3. The summed E-state index contributed by atoms with van der Waals surface area (Å²) in [6, 6.07) is 13.7. The maximum atomic E-state index is 6.07. The van der Waals surface area contributed by atoms with Crippen molar-refractivity contribution in [3.63, 3.8) is 0 Å². The summed E-state index contributed by atoms with van der Waals surface area (Å²) in [5, 5.41) is 0.735. The molecule has 0 radical (unpaired) electrons. The fourth-order valence-electron chi connectivity index (χ4n) is 1.51. The number of ether oxygens (including phenoxy) is 1. The maximum Gasteiger partial charge on any atom is 0.275 e. The Morgan fingerprint density at radius 3 is 2.50 bits per heavy atom. The van der Waals surface area contributed by atoms with Crippen LogP contribution in [0.1, 0.15) is 5.56 Å². The van der Waals surface area contributed by atoms with E-state index in [-0.39, 0.29) is 0 Å². The first-order valence-electron chi connectivity index (χ1n) is 5.06. The third kappa shape index (κ3) is 2.52. The molecule has 0 fully saturated rings. The Hall–Kier alpha value is -1.54. The second-order valence-electron chi connectivity index (χ2n) is 3.50. The minimum absolute atomic E-state index is 0.735. The minimum atomic E-state index is 0.735. The van der Waals surface area contributed by atoms with Gasteiger partial charge in [-0.15, -0.1) is 0 Å². The molecular formula is C13H13ClNO+. The third-order valence-corrected chi connectivity index (χ3v) is 2.74. The Morgan fingerprint density at radius 2 is 1.88 bits per heavy atom. The van der Waals surface area contributed by atoms with Crippen LogP contribution in [0.5, 0.6) is 5.75 Å². The number of aromatic nitrogens is 1. The van der Waals surface area contributed by atoms with Crippen LogP contribution in [0.25, 0.3) is 0 Å². The van der Waals surface area contributed by atoms with Gasteiger partial charge in [0.1, 0.15) is 5.75 Å². The van der Waals surface area contributed by atoms with Crippen molar-refractivity contribution in [2.75, 3.05) is 7.11 Å². The molecule has 82 valence electrons. The van der Waals surface area contributed by atoms with Gasteiger partial charge >= 0.3 is 0 Å². The number of hydrogen-bond donors (Lipinski definition) is 0. The molecule has 0 amide bonds. The van der Waals surface area contributed by atoms with Crippen LogP contribution >= 0.6 is 11.6 Å². The standard InChI is InChI=1S/C13H13ClNO/c1-16-12-7-5-11(6-8-12)10-15-9-3-2-4-13(15)14/h2-9H,10H2,1H3/q+1. The van der Waals surface area contributed by atoms with Crippen LogP contribution in [0.3, 0.4) is 0 Å². The number of benzene rings is 1. The first-order chi connectivity index (χ1) is 7.79. The SMILES string of the molecule is COc1ccc(C[n+]2ccccc2Cl)cc1. The molecule has 2 rings (SSSR count). The van der Waals surface area contributed by atoms with Gasteiger partial charge in [-0.05, 0) is 41.9 Å². The quantitative estimate of drug-likeness (QED) is 0.588. The molecule has 0 unspecified atom stereocenters. The number of halogens is 1. The smallest absolute Gasteiger partial charge is 0.275 e. The van der Waals surface area contributed by atoms with E-state index in [1.807, 2.05) is 53.2 Å². The van der Waals surface area contributed by atoms with E-state index in [4.69, 9.17) is 16.3 Å². The Balaban J connectivity index is 2.18. The fraction of sp³-hybridized carbons (Fsp3) is 0.154. The van der Waals surface area contributed by atoms with Crippen molar-refractivity contribution < 1.29 is 9.30 Å². The van der Waals surface area contributed by atoms with Gasteiger partial charge in [0.05, 0.1) is 7.11 Å². The summed E-state index contributed by atoms with van der Waals surface area (Å²) in [6.07, 6.45) is 1.96. The summed E-state index contributed by atoms with van der Waals surface area (Å²) < 4.78 is 7.10. The van der Waals surface area contributed by atoms with Crippen molar-refractivity contribution in [1.82, 2.24) is 0 Å². The molecule has 0 bridgehead atoms. The number of hydrogen-bond acceptors (Lipinski definition) is 1. The number of nitrogens with zero attached hydrogens (tertiary/aromatic N) is 1. The summed E-state index contributed by atoms with van der Waals surface area (Å²) >= 11 is 6.07. The molecule has 0 saturated carbocycles. The zero-order valence-corrected chi connectivity index (χ0v) is 9.82. The van der Waals surface area contributed by atoms with Crippen LogP contribution in [0.4, 0.5) is 0 Å². The average molecular weight is 235 g/mol. The van der Waals surface area contributed by atoms with E-state index in [9.17, 15) is 0 Å². The van der Waals surface area contributed by atoms with Gasteiger partial charge in [0.2, 0.25) is 0 Å². The normalized spacial score (nSPS) is 10.1. The second kappa shape index (κ2) is 4.99. The average Bonchev–Trinajstić information content (AvgIpc) is 2.33. The highest BCUT2D eigenvalue weighted by molar-refractivity contribution is 6.28. The van der Waals surface area contributed by atoms with E-state index < -0.39 is 0 Å². The Bertz CT molecular complexity index is 468. The van der Waals surface area contributed by atoms with E-state index in [2.05, 4.69) is 0 Å². The summed E-state index contributed by atoms with van der Waals surface area (Å²) in [4.78, 5) is 0. The van der Waals surface area contributed by atoms with E-state index in [0.29, 0.717) is 0 Å². The lowest BCUT2D eigenvalue weighted by atomic mass is 10.2. The van der Waals surface area contributed by atoms with Crippen molar-refractivity contribution in [1.29, 1.82) is 0 Å². The van der Waals surface area contributed by atoms with Crippen LogP contribution in [0, 0.1) is 0 Å². The van der Waals surface area contributed by atoms with E-state index in [1.165, 1.54) is 5.56 Å². The lowest BCUT2D eigenvalue weighted by Gasteiger charge is -2.01. The molecule has 2 aromatic rings. The first-order valence-corrected chi connectivity index (χ1v) is 5.44. The van der Waals surface area contributed by atoms with Crippen molar-refractivity contribution in [3.05, 3.63) is 59.4 Å². The zero-order chi connectivity index (χ0) is 11.4. The molecule has 0 aliphatic carbocycles. The van der Waals surface area contributed by atoms with Crippen LogP contribution < -0.4 is 9.30 Å². The molecule has 1 aromatic heterocycles. The van der Waals surface area contributed by atoms with Crippen molar-refractivity contribution in [3.8, 4) is 5.75 Å². The molecule has 0 saturated heterocycles. The van der Waals surface area contributed by atoms with Gasteiger partial charge in [-0.3, -0.25) is 0 Å². The molecule has 0 aliphatic heterocycles. The second-order valence-corrected chi connectivity index (χ2v) is 3.89. The van der Waals surface area contributed by atoms with Gasteiger partial charge in [0.15, 0.2) is 12.7 Å². The van der Waals surface area contributed by atoms with Gasteiger partial charge in [-0.25, -0.2) is 0 Å².